The van der Waals surface area contributed by atoms with Crippen LogP contribution in [0.5, 0.6) is 5.75 Å². The Balaban J connectivity index is 2.04. The third kappa shape index (κ3) is 4.10. The van der Waals surface area contributed by atoms with Gasteiger partial charge < -0.3 is 10.1 Å². The zero-order valence-corrected chi connectivity index (χ0v) is 12.0. The zero-order chi connectivity index (χ0) is 14.4. The first kappa shape index (κ1) is 14.6. The minimum atomic E-state index is -0.333. The summed E-state index contributed by atoms with van der Waals surface area (Å²) in [6.45, 7) is 3.12. The molecule has 0 aliphatic rings. The number of rotatable bonds is 6. The summed E-state index contributed by atoms with van der Waals surface area (Å²) in [5.74, 6) is 0.879. The molecule has 2 aromatic rings. The molecule has 0 radical (unpaired) electrons. The molecular weight excluding hydrogens is 279 g/mol. The average Bonchev–Trinajstić information content (AvgIpc) is 2.45. The van der Waals surface area contributed by atoms with E-state index in [2.05, 4.69) is 17.2 Å². The second kappa shape index (κ2) is 7.10. The Morgan fingerprint density at radius 2 is 2.15 bits per heavy atom. The van der Waals surface area contributed by atoms with Crippen molar-refractivity contribution >= 4 is 17.4 Å². The van der Waals surface area contributed by atoms with Crippen molar-refractivity contribution in [2.24, 2.45) is 0 Å². The molecule has 0 bridgehead atoms. The van der Waals surface area contributed by atoms with Gasteiger partial charge in [-0.25, -0.2) is 9.37 Å². The van der Waals surface area contributed by atoms with Crippen molar-refractivity contribution in [1.82, 2.24) is 4.98 Å². The van der Waals surface area contributed by atoms with Crippen molar-refractivity contribution in [2.75, 3.05) is 11.9 Å². The van der Waals surface area contributed by atoms with Gasteiger partial charge in [0.1, 0.15) is 24.0 Å². The first-order valence-corrected chi connectivity index (χ1v) is 6.84. The van der Waals surface area contributed by atoms with Crippen molar-refractivity contribution < 1.29 is 9.13 Å². The lowest BCUT2D eigenvalue weighted by molar-refractivity contribution is 0.300. The van der Waals surface area contributed by atoms with E-state index in [1.807, 2.05) is 6.07 Å². The van der Waals surface area contributed by atoms with Gasteiger partial charge in [0, 0.05) is 12.6 Å². The van der Waals surface area contributed by atoms with E-state index in [-0.39, 0.29) is 12.4 Å². The molecular formula is C15H16ClFN2O. The summed E-state index contributed by atoms with van der Waals surface area (Å²) in [6.07, 6.45) is 1.01. The molecule has 1 N–H and O–H groups in total. The number of nitrogens with one attached hydrogen (secondary N) is 1. The minimum Gasteiger partial charge on any atom is -0.487 e. The maximum absolute atomic E-state index is 13.0. The highest BCUT2D eigenvalue weighted by molar-refractivity contribution is 6.31. The molecule has 0 saturated heterocycles. The summed E-state index contributed by atoms with van der Waals surface area (Å²) >= 11 is 6.08. The standard InChI is InChI=1S/C15H16ClFN2O/c1-2-8-18-15-7-6-13(16)14(19-15)10-20-12-5-3-4-11(17)9-12/h3-7,9H,2,8,10H2,1H3,(H,18,19). The topological polar surface area (TPSA) is 34.1 Å². The Bertz CT molecular complexity index is 578. The predicted molar refractivity (Wildman–Crippen MR) is 78.8 cm³/mol. The molecule has 106 valence electrons. The molecule has 5 heteroatoms. The fraction of sp³-hybridized carbons (Fsp3) is 0.267. The number of hydrogen-bond acceptors (Lipinski definition) is 3. The Kier molecular flexibility index (Phi) is 5.18. The fourth-order valence-electron chi connectivity index (χ4n) is 1.65. The van der Waals surface area contributed by atoms with Gasteiger partial charge in [-0.3, -0.25) is 0 Å². The number of benzene rings is 1. The molecule has 0 atom stereocenters. The first-order valence-electron chi connectivity index (χ1n) is 6.46. The maximum atomic E-state index is 13.0. The van der Waals surface area contributed by atoms with Gasteiger partial charge in [-0.15, -0.1) is 0 Å². The molecule has 1 aromatic heterocycles. The lowest BCUT2D eigenvalue weighted by Gasteiger charge is -2.10. The van der Waals surface area contributed by atoms with Gasteiger partial charge in [-0.05, 0) is 30.7 Å². The monoisotopic (exact) mass is 294 g/mol. The summed E-state index contributed by atoms with van der Waals surface area (Å²) in [4.78, 5) is 4.39. The minimum absolute atomic E-state index is 0.198. The Morgan fingerprint density at radius 1 is 1.30 bits per heavy atom. The summed E-state index contributed by atoms with van der Waals surface area (Å²) in [5, 5.41) is 3.71. The molecule has 0 unspecified atom stereocenters. The van der Waals surface area contributed by atoms with Gasteiger partial charge in [0.25, 0.3) is 0 Å². The number of nitrogens with zero attached hydrogens (tertiary/aromatic N) is 1. The van der Waals surface area contributed by atoms with E-state index < -0.39 is 0 Å². The van der Waals surface area contributed by atoms with E-state index in [0.717, 1.165) is 18.8 Å². The SMILES string of the molecule is CCCNc1ccc(Cl)c(COc2cccc(F)c2)n1. The van der Waals surface area contributed by atoms with Crippen LogP contribution >= 0.6 is 11.6 Å². The van der Waals surface area contributed by atoms with Crippen LogP contribution < -0.4 is 10.1 Å². The molecule has 0 fully saturated rings. The number of pyridine rings is 1. The Hall–Kier alpha value is -1.81. The number of halogens is 2. The van der Waals surface area contributed by atoms with E-state index in [9.17, 15) is 4.39 Å². The van der Waals surface area contributed by atoms with Crippen LogP contribution in [0.3, 0.4) is 0 Å². The van der Waals surface area contributed by atoms with Gasteiger partial charge in [-0.1, -0.05) is 24.6 Å². The fourth-order valence-corrected chi connectivity index (χ4v) is 1.81. The molecule has 0 aliphatic heterocycles. The molecule has 20 heavy (non-hydrogen) atoms. The summed E-state index contributed by atoms with van der Waals surface area (Å²) in [5.41, 5.74) is 0.622. The van der Waals surface area contributed by atoms with Crippen LogP contribution in [0.15, 0.2) is 36.4 Å². The van der Waals surface area contributed by atoms with Crippen molar-refractivity contribution in [3.8, 4) is 5.75 Å². The van der Waals surface area contributed by atoms with Crippen molar-refractivity contribution in [1.29, 1.82) is 0 Å². The zero-order valence-electron chi connectivity index (χ0n) is 11.2. The van der Waals surface area contributed by atoms with Crippen LogP contribution in [0.4, 0.5) is 10.2 Å². The Morgan fingerprint density at radius 3 is 2.90 bits per heavy atom. The Labute approximate surface area is 122 Å². The molecule has 2 rings (SSSR count). The smallest absolute Gasteiger partial charge is 0.132 e. The van der Waals surface area contributed by atoms with Gasteiger partial charge in [0.15, 0.2) is 0 Å². The summed E-state index contributed by atoms with van der Waals surface area (Å²) in [7, 11) is 0. The molecule has 0 spiro atoms. The van der Waals surface area contributed by atoms with Gasteiger partial charge >= 0.3 is 0 Å². The first-order chi connectivity index (χ1) is 9.69. The number of ether oxygens (including phenoxy) is 1. The van der Waals surface area contributed by atoms with E-state index in [4.69, 9.17) is 16.3 Å². The van der Waals surface area contributed by atoms with Crippen molar-refractivity contribution in [3.05, 3.63) is 52.9 Å². The normalized spacial score (nSPS) is 10.3. The van der Waals surface area contributed by atoms with Crippen molar-refractivity contribution in [2.45, 2.75) is 20.0 Å². The van der Waals surface area contributed by atoms with Crippen LogP contribution in [0.2, 0.25) is 5.02 Å². The van der Waals surface area contributed by atoms with Gasteiger partial charge in [0.2, 0.25) is 0 Å². The quantitative estimate of drug-likeness (QED) is 0.863. The summed E-state index contributed by atoms with van der Waals surface area (Å²) < 4.78 is 18.5. The van der Waals surface area contributed by atoms with Crippen LogP contribution in [0.25, 0.3) is 0 Å². The summed E-state index contributed by atoms with van der Waals surface area (Å²) in [6, 6.07) is 9.58. The van der Waals surface area contributed by atoms with E-state index in [0.29, 0.717) is 16.5 Å². The third-order valence-corrected chi connectivity index (χ3v) is 2.99. The van der Waals surface area contributed by atoms with Crippen LogP contribution in [0.1, 0.15) is 19.0 Å². The number of hydrogen-bond donors (Lipinski definition) is 1. The van der Waals surface area contributed by atoms with Gasteiger partial charge in [0.05, 0.1) is 10.7 Å². The number of aromatic nitrogens is 1. The van der Waals surface area contributed by atoms with E-state index >= 15 is 0 Å². The molecule has 0 amide bonds. The van der Waals surface area contributed by atoms with E-state index in [1.54, 1.807) is 18.2 Å². The highest BCUT2D eigenvalue weighted by Gasteiger charge is 2.05. The molecule has 1 heterocycles. The van der Waals surface area contributed by atoms with Crippen molar-refractivity contribution in [3.63, 3.8) is 0 Å². The lowest BCUT2D eigenvalue weighted by Crippen LogP contribution is -2.05. The molecule has 0 saturated carbocycles. The second-order valence-electron chi connectivity index (χ2n) is 4.30. The van der Waals surface area contributed by atoms with Crippen LogP contribution in [-0.2, 0) is 6.61 Å². The van der Waals surface area contributed by atoms with Crippen LogP contribution in [0, 0.1) is 5.82 Å². The highest BCUT2D eigenvalue weighted by atomic mass is 35.5. The largest absolute Gasteiger partial charge is 0.487 e. The molecule has 1 aromatic carbocycles. The third-order valence-electron chi connectivity index (χ3n) is 2.65. The van der Waals surface area contributed by atoms with Gasteiger partial charge in [-0.2, -0.15) is 0 Å². The van der Waals surface area contributed by atoms with Crippen LogP contribution in [-0.4, -0.2) is 11.5 Å². The lowest BCUT2D eigenvalue weighted by atomic mass is 10.3. The average molecular weight is 295 g/mol. The molecule has 3 nitrogen and oxygen atoms in total. The maximum Gasteiger partial charge on any atom is 0.132 e. The number of anilines is 1. The molecule has 0 aliphatic carbocycles. The van der Waals surface area contributed by atoms with E-state index in [1.165, 1.54) is 12.1 Å². The predicted octanol–water partition coefficient (Wildman–Crippen LogP) is 4.28. The second-order valence-corrected chi connectivity index (χ2v) is 4.71. The highest BCUT2D eigenvalue weighted by Crippen LogP contribution is 2.20.